The van der Waals surface area contributed by atoms with Gasteiger partial charge in [0, 0.05) is 22.9 Å². The molecule has 1 heterocycles. The van der Waals surface area contributed by atoms with Crippen molar-refractivity contribution in [3.63, 3.8) is 0 Å². The maximum atomic E-state index is 11.8. The Bertz CT molecular complexity index is 190. The van der Waals surface area contributed by atoms with Gasteiger partial charge in [0.15, 0.2) is 0 Å². The van der Waals surface area contributed by atoms with Gasteiger partial charge in [-0.2, -0.15) is 0 Å². The van der Waals surface area contributed by atoms with Crippen LogP contribution in [0, 0.1) is 5.92 Å². The molecule has 0 aromatic rings. The van der Waals surface area contributed by atoms with E-state index < -0.39 is 0 Å². The Kier molecular flexibility index (Phi) is 5.20. The van der Waals surface area contributed by atoms with Crippen LogP contribution in [0.2, 0.25) is 0 Å². The number of hydrogen-bond donors (Lipinski definition) is 0. The Balaban J connectivity index is 2.16. The van der Waals surface area contributed by atoms with Crippen molar-refractivity contribution < 1.29 is 4.79 Å². The van der Waals surface area contributed by atoms with Crippen molar-refractivity contribution in [3.05, 3.63) is 0 Å². The second-order valence-electron chi connectivity index (χ2n) is 4.24. The molecule has 82 valence electrons. The van der Waals surface area contributed by atoms with Crippen molar-refractivity contribution in [3.8, 4) is 0 Å². The lowest BCUT2D eigenvalue weighted by molar-refractivity contribution is -0.138. The molecule has 1 saturated heterocycles. The third-order valence-corrected chi connectivity index (χ3v) is 3.60. The van der Waals surface area contributed by atoms with Crippen LogP contribution in [-0.4, -0.2) is 27.8 Å². The van der Waals surface area contributed by atoms with Gasteiger partial charge in [0.2, 0.25) is 5.91 Å². The molecule has 1 aliphatic heterocycles. The monoisotopic (exact) mass is 309 g/mol. The van der Waals surface area contributed by atoms with Gasteiger partial charge in [-0.25, -0.2) is 0 Å². The van der Waals surface area contributed by atoms with Gasteiger partial charge in [-0.1, -0.05) is 55.7 Å². The summed E-state index contributed by atoms with van der Waals surface area (Å²) in [6.07, 6.45) is 4.76. The van der Waals surface area contributed by atoms with Gasteiger partial charge in [0.05, 0.1) is 0 Å². The molecular formula is C11H20INO. The Hall–Kier alpha value is 0.200. The molecule has 0 radical (unpaired) electrons. The third kappa shape index (κ3) is 3.41. The van der Waals surface area contributed by atoms with Crippen LogP contribution >= 0.6 is 22.6 Å². The molecular weight excluding hydrogens is 289 g/mol. The molecule has 1 unspecified atom stereocenters. The summed E-state index contributed by atoms with van der Waals surface area (Å²) in [5.74, 6) is 0.611. The van der Waals surface area contributed by atoms with Crippen molar-refractivity contribution in [1.29, 1.82) is 0 Å². The number of nitrogens with zero attached hydrogens (tertiary/aromatic N) is 1. The minimum atomic E-state index is 0.241. The molecule has 14 heavy (non-hydrogen) atoms. The number of unbranched alkanes of at least 4 members (excludes halogenated alkanes) is 2. The third-order valence-electron chi connectivity index (χ3n) is 2.81. The predicted molar refractivity (Wildman–Crippen MR) is 67.7 cm³/mol. The van der Waals surface area contributed by atoms with Crippen molar-refractivity contribution in [2.75, 3.05) is 13.1 Å². The first-order valence-corrected chi connectivity index (χ1v) is 6.82. The zero-order valence-corrected chi connectivity index (χ0v) is 11.3. The number of halogens is 1. The molecule has 0 aromatic heterocycles. The summed E-state index contributed by atoms with van der Waals surface area (Å²) in [6.45, 7) is 6.20. The minimum absolute atomic E-state index is 0.241. The van der Waals surface area contributed by atoms with Crippen molar-refractivity contribution in [1.82, 2.24) is 4.90 Å². The van der Waals surface area contributed by atoms with E-state index in [0.717, 1.165) is 19.5 Å². The predicted octanol–water partition coefficient (Wildman–Crippen LogP) is 2.85. The molecule has 1 atom stereocenters. The van der Waals surface area contributed by atoms with Crippen molar-refractivity contribution in [2.45, 2.75) is 43.5 Å². The van der Waals surface area contributed by atoms with E-state index in [1.165, 1.54) is 19.3 Å². The number of likely N-dealkylation sites (tertiary alicyclic amines) is 1. The normalized spacial score (nSPS) is 19.2. The Morgan fingerprint density at radius 2 is 2.14 bits per heavy atom. The van der Waals surface area contributed by atoms with Crippen LogP contribution in [0.5, 0.6) is 0 Å². The summed E-state index contributed by atoms with van der Waals surface area (Å²) >= 11 is 2.41. The van der Waals surface area contributed by atoms with E-state index in [-0.39, 0.29) is 5.92 Å². The standard InChI is InChI=1S/C11H20INO/c1-3-4-5-6-9(2)11(14)13-7-10(12)8-13/h9-10H,3-8H2,1-2H3. The number of rotatable bonds is 5. The lowest BCUT2D eigenvalue weighted by Gasteiger charge is -2.37. The summed E-state index contributed by atoms with van der Waals surface area (Å²) in [5, 5.41) is 0. The van der Waals surface area contributed by atoms with E-state index in [2.05, 4.69) is 36.4 Å². The highest BCUT2D eigenvalue weighted by molar-refractivity contribution is 14.1. The molecule has 2 nitrogen and oxygen atoms in total. The zero-order chi connectivity index (χ0) is 10.6. The van der Waals surface area contributed by atoms with Gasteiger partial charge < -0.3 is 4.90 Å². The molecule has 1 rings (SSSR count). The Morgan fingerprint density at radius 3 is 2.64 bits per heavy atom. The van der Waals surface area contributed by atoms with Crippen LogP contribution in [0.3, 0.4) is 0 Å². The van der Waals surface area contributed by atoms with Gasteiger partial charge in [-0.3, -0.25) is 4.79 Å². The fraction of sp³-hybridized carbons (Fsp3) is 0.909. The van der Waals surface area contributed by atoms with Gasteiger partial charge in [0.25, 0.3) is 0 Å². The minimum Gasteiger partial charge on any atom is -0.340 e. The highest BCUT2D eigenvalue weighted by Gasteiger charge is 2.30. The van der Waals surface area contributed by atoms with Gasteiger partial charge in [-0.15, -0.1) is 0 Å². The van der Waals surface area contributed by atoms with Crippen molar-refractivity contribution >= 4 is 28.5 Å². The first kappa shape index (κ1) is 12.3. The maximum absolute atomic E-state index is 11.8. The van der Waals surface area contributed by atoms with Gasteiger partial charge in [0.1, 0.15) is 0 Å². The van der Waals surface area contributed by atoms with E-state index >= 15 is 0 Å². The second-order valence-corrected chi connectivity index (χ2v) is 6.00. The number of carbonyl (C=O) groups is 1. The zero-order valence-electron chi connectivity index (χ0n) is 9.13. The quantitative estimate of drug-likeness (QED) is 0.434. The smallest absolute Gasteiger partial charge is 0.225 e. The Morgan fingerprint density at radius 1 is 1.50 bits per heavy atom. The largest absolute Gasteiger partial charge is 0.340 e. The van der Waals surface area contributed by atoms with E-state index in [4.69, 9.17) is 0 Å². The van der Waals surface area contributed by atoms with Crippen LogP contribution in [0.15, 0.2) is 0 Å². The molecule has 1 fully saturated rings. The molecule has 0 bridgehead atoms. The van der Waals surface area contributed by atoms with Crippen molar-refractivity contribution in [2.24, 2.45) is 5.92 Å². The summed E-state index contributed by atoms with van der Waals surface area (Å²) in [6, 6.07) is 0. The van der Waals surface area contributed by atoms with E-state index in [1.54, 1.807) is 0 Å². The van der Waals surface area contributed by atoms with E-state index in [9.17, 15) is 4.79 Å². The first-order valence-electron chi connectivity index (χ1n) is 5.58. The fourth-order valence-electron chi connectivity index (χ4n) is 1.74. The highest BCUT2D eigenvalue weighted by atomic mass is 127. The van der Waals surface area contributed by atoms with Crippen LogP contribution in [0.1, 0.15) is 39.5 Å². The average molecular weight is 309 g/mol. The average Bonchev–Trinajstić information content (AvgIpc) is 2.12. The summed E-state index contributed by atoms with van der Waals surface area (Å²) in [7, 11) is 0. The summed E-state index contributed by atoms with van der Waals surface area (Å²) in [4.78, 5) is 13.8. The summed E-state index contributed by atoms with van der Waals surface area (Å²) in [5.41, 5.74) is 0. The molecule has 0 saturated carbocycles. The van der Waals surface area contributed by atoms with Crippen LogP contribution in [0.25, 0.3) is 0 Å². The molecule has 0 N–H and O–H groups in total. The molecule has 3 heteroatoms. The number of hydrogen-bond acceptors (Lipinski definition) is 1. The topological polar surface area (TPSA) is 20.3 Å². The maximum Gasteiger partial charge on any atom is 0.225 e. The number of amides is 1. The van der Waals surface area contributed by atoms with Crippen LogP contribution in [0.4, 0.5) is 0 Å². The molecule has 0 aromatic carbocycles. The lowest BCUT2D eigenvalue weighted by Crippen LogP contribution is -2.52. The fourth-order valence-corrected chi connectivity index (χ4v) is 2.69. The van der Waals surface area contributed by atoms with Crippen LogP contribution < -0.4 is 0 Å². The van der Waals surface area contributed by atoms with Gasteiger partial charge in [-0.05, 0) is 6.42 Å². The Labute approximate surface area is 101 Å². The van der Waals surface area contributed by atoms with Gasteiger partial charge >= 0.3 is 0 Å². The van der Waals surface area contributed by atoms with Crippen LogP contribution in [-0.2, 0) is 4.79 Å². The molecule has 1 aliphatic rings. The lowest BCUT2D eigenvalue weighted by atomic mass is 10.0. The number of carbonyl (C=O) groups excluding carboxylic acids is 1. The molecule has 1 amide bonds. The highest BCUT2D eigenvalue weighted by Crippen LogP contribution is 2.21. The van der Waals surface area contributed by atoms with E-state index in [1.807, 2.05) is 4.90 Å². The second kappa shape index (κ2) is 5.93. The first-order chi connectivity index (χ1) is 6.65. The van der Waals surface area contributed by atoms with E-state index in [0.29, 0.717) is 9.83 Å². The molecule has 0 aliphatic carbocycles. The SMILES string of the molecule is CCCCCC(C)C(=O)N1CC(I)C1. The summed E-state index contributed by atoms with van der Waals surface area (Å²) < 4.78 is 0.694. The molecule has 0 spiro atoms. The number of alkyl halides is 1.